The Kier molecular flexibility index (Phi) is 6.75. The highest BCUT2D eigenvalue weighted by Gasteiger charge is 2.10. The predicted molar refractivity (Wildman–Crippen MR) is 76.4 cm³/mol. The van der Waals surface area contributed by atoms with E-state index in [1.54, 1.807) is 6.07 Å². The Morgan fingerprint density at radius 2 is 2.11 bits per heavy atom. The van der Waals surface area contributed by atoms with Gasteiger partial charge in [0.05, 0.1) is 12.2 Å². The Bertz CT molecular complexity index is 397. The number of unbranched alkanes of at least 4 members (excludes halogenated alkanes) is 1. The highest BCUT2D eigenvalue weighted by atomic mass is 79.9. The van der Waals surface area contributed by atoms with Gasteiger partial charge in [0.1, 0.15) is 18.2 Å². The topological polar surface area (TPSA) is 68.3 Å². The zero-order chi connectivity index (χ0) is 13.4. The van der Waals surface area contributed by atoms with Crippen LogP contribution in [0.2, 0.25) is 0 Å². The molecule has 0 unspecified atom stereocenters. The first-order valence-corrected chi connectivity index (χ1v) is 6.79. The van der Waals surface area contributed by atoms with Gasteiger partial charge in [-0.05, 0) is 34.5 Å². The van der Waals surface area contributed by atoms with Crippen LogP contribution in [-0.4, -0.2) is 25.7 Å². The van der Waals surface area contributed by atoms with Crippen molar-refractivity contribution in [2.75, 3.05) is 19.8 Å². The minimum absolute atomic E-state index is 0.00984. The second-order valence-corrected chi connectivity index (χ2v) is 4.70. The van der Waals surface area contributed by atoms with Crippen molar-refractivity contribution in [1.29, 1.82) is 5.41 Å². The molecular formula is C13H19BrN2O2. The minimum Gasteiger partial charge on any atom is -0.490 e. The third-order valence-electron chi connectivity index (χ3n) is 2.37. The zero-order valence-corrected chi connectivity index (χ0v) is 12.1. The van der Waals surface area contributed by atoms with Gasteiger partial charge in [0, 0.05) is 11.1 Å². The van der Waals surface area contributed by atoms with Gasteiger partial charge in [0.25, 0.3) is 0 Å². The van der Waals surface area contributed by atoms with Gasteiger partial charge in [-0.2, -0.15) is 0 Å². The Morgan fingerprint density at radius 3 is 2.78 bits per heavy atom. The second kappa shape index (κ2) is 8.11. The molecule has 0 saturated heterocycles. The predicted octanol–water partition coefficient (Wildman–Crippen LogP) is 2.93. The van der Waals surface area contributed by atoms with Crippen LogP contribution in [0.5, 0.6) is 5.75 Å². The third-order valence-corrected chi connectivity index (χ3v) is 3.03. The van der Waals surface area contributed by atoms with Crippen LogP contribution in [0.4, 0.5) is 0 Å². The SMILES string of the molecule is CCCCOCCOc1cccc(Br)c1C(=N)N. The lowest BCUT2D eigenvalue weighted by Crippen LogP contribution is -2.15. The van der Waals surface area contributed by atoms with E-state index in [0.717, 1.165) is 23.9 Å². The molecule has 0 amide bonds. The van der Waals surface area contributed by atoms with E-state index >= 15 is 0 Å². The maximum absolute atomic E-state index is 7.52. The van der Waals surface area contributed by atoms with E-state index in [4.69, 9.17) is 20.6 Å². The standard InChI is InChI=1S/C13H19BrN2O2/c1-2-3-7-17-8-9-18-11-6-4-5-10(14)12(11)13(15)16/h4-6H,2-3,7-9H2,1H3,(H3,15,16). The molecule has 0 atom stereocenters. The highest BCUT2D eigenvalue weighted by molar-refractivity contribution is 9.10. The van der Waals surface area contributed by atoms with Crippen molar-refractivity contribution in [3.8, 4) is 5.75 Å². The molecule has 0 aromatic heterocycles. The fraction of sp³-hybridized carbons (Fsp3) is 0.462. The molecule has 0 spiro atoms. The van der Waals surface area contributed by atoms with Crippen molar-refractivity contribution in [2.24, 2.45) is 5.73 Å². The van der Waals surface area contributed by atoms with Gasteiger partial charge in [-0.3, -0.25) is 5.41 Å². The van der Waals surface area contributed by atoms with Gasteiger partial charge in [0.15, 0.2) is 0 Å². The van der Waals surface area contributed by atoms with Gasteiger partial charge in [-0.15, -0.1) is 0 Å². The first-order valence-electron chi connectivity index (χ1n) is 6.00. The number of nitrogens with one attached hydrogen (secondary N) is 1. The van der Waals surface area contributed by atoms with Crippen LogP contribution in [-0.2, 0) is 4.74 Å². The maximum atomic E-state index is 7.52. The second-order valence-electron chi connectivity index (χ2n) is 3.84. The van der Waals surface area contributed by atoms with E-state index in [1.165, 1.54) is 0 Å². The maximum Gasteiger partial charge on any atom is 0.131 e. The van der Waals surface area contributed by atoms with E-state index in [0.29, 0.717) is 24.5 Å². The van der Waals surface area contributed by atoms with E-state index in [9.17, 15) is 0 Å². The Hall–Kier alpha value is -1.07. The molecule has 0 heterocycles. The van der Waals surface area contributed by atoms with Crippen LogP contribution in [0, 0.1) is 5.41 Å². The number of benzene rings is 1. The van der Waals surface area contributed by atoms with E-state index in [2.05, 4.69) is 22.9 Å². The van der Waals surface area contributed by atoms with Crippen LogP contribution in [0.25, 0.3) is 0 Å². The molecular weight excluding hydrogens is 296 g/mol. The van der Waals surface area contributed by atoms with Gasteiger partial charge in [-0.25, -0.2) is 0 Å². The number of hydrogen-bond acceptors (Lipinski definition) is 3. The monoisotopic (exact) mass is 314 g/mol. The molecule has 0 radical (unpaired) electrons. The number of halogens is 1. The molecule has 5 heteroatoms. The molecule has 0 aliphatic carbocycles. The number of hydrogen-bond donors (Lipinski definition) is 2. The van der Waals surface area contributed by atoms with Crippen LogP contribution in [0.3, 0.4) is 0 Å². The summed E-state index contributed by atoms with van der Waals surface area (Å²) in [5, 5.41) is 7.52. The summed E-state index contributed by atoms with van der Waals surface area (Å²) in [5.41, 5.74) is 6.12. The van der Waals surface area contributed by atoms with Crippen molar-refractivity contribution >= 4 is 21.8 Å². The van der Waals surface area contributed by atoms with Gasteiger partial charge < -0.3 is 15.2 Å². The van der Waals surface area contributed by atoms with Crippen LogP contribution < -0.4 is 10.5 Å². The molecule has 18 heavy (non-hydrogen) atoms. The van der Waals surface area contributed by atoms with E-state index < -0.39 is 0 Å². The molecule has 0 aliphatic heterocycles. The Balaban J connectivity index is 2.47. The average Bonchev–Trinajstić information content (AvgIpc) is 2.33. The largest absolute Gasteiger partial charge is 0.490 e. The minimum atomic E-state index is -0.00984. The first kappa shape index (κ1) is 15.0. The quantitative estimate of drug-likeness (QED) is 0.440. The number of rotatable bonds is 8. The number of ether oxygens (including phenoxy) is 2. The summed E-state index contributed by atoms with van der Waals surface area (Å²) in [7, 11) is 0. The molecule has 1 aromatic carbocycles. The van der Waals surface area contributed by atoms with Gasteiger partial charge >= 0.3 is 0 Å². The smallest absolute Gasteiger partial charge is 0.131 e. The zero-order valence-electron chi connectivity index (χ0n) is 10.5. The summed E-state index contributed by atoms with van der Waals surface area (Å²) in [4.78, 5) is 0. The molecule has 1 rings (SSSR count). The van der Waals surface area contributed by atoms with Crippen molar-refractivity contribution in [1.82, 2.24) is 0 Å². The normalized spacial score (nSPS) is 10.3. The summed E-state index contributed by atoms with van der Waals surface area (Å²) in [6, 6.07) is 5.48. The molecule has 0 aliphatic rings. The van der Waals surface area contributed by atoms with Crippen LogP contribution >= 0.6 is 15.9 Å². The van der Waals surface area contributed by atoms with Crippen molar-refractivity contribution < 1.29 is 9.47 Å². The lowest BCUT2D eigenvalue weighted by Gasteiger charge is -2.12. The van der Waals surface area contributed by atoms with E-state index in [1.807, 2.05) is 12.1 Å². The van der Waals surface area contributed by atoms with Crippen LogP contribution in [0.15, 0.2) is 22.7 Å². The van der Waals surface area contributed by atoms with Crippen molar-refractivity contribution in [3.05, 3.63) is 28.2 Å². The Morgan fingerprint density at radius 1 is 1.33 bits per heavy atom. The fourth-order valence-corrected chi connectivity index (χ4v) is 2.01. The third kappa shape index (κ3) is 4.66. The fourth-order valence-electron chi connectivity index (χ4n) is 1.45. The number of nitrogen functional groups attached to an aromatic ring is 1. The molecule has 3 N–H and O–H groups in total. The summed E-state index contributed by atoms with van der Waals surface area (Å²) in [6.07, 6.45) is 2.19. The van der Waals surface area contributed by atoms with Crippen molar-refractivity contribution in [2.45, 2.75) is 19.8 Å². The molecule has 1 aromatic rings. The highest BCUT2D eigenvalue weighted by Crippen LogP contribution is 2.26. The first-order chi connectivity index (χ1) is 8.66. The lowest BCUT2D eigenvalue weighted by atomic mass is 10.2. The van der Waals surface area contributed by atoms with E-state index in [-0.39, 0.29) is 5.84 Å². The summed E-state index contributed by atoms with van der Waals surface area (Å²) < 4.78 is 11.8. The molecule has 0 saturated carbocycles. The Labute approximate surface area is 116 Å². The summed E-state index contributed by atoms with van der Waals surface area (Å²) >= 11 is 3.36. The number of amidine groups is 1. The lowest BCUT2D eigenvalue weighted by molar-refractivity contribution is 0.0980. The summed E-state index contributed by atoms with van der Waals surface area (Å²) in [6.45, 7) is 3.89. The summed E-state index contributed by atoms with van der Waals surface area (Å²) in [5.74, 6) is 0.598. The van der Waals surface area contributed by atoms with Crippen molar-refractivity contribution in [3.63, 3.8) is 0 Å². The molecule has 0 bridgehead atoms. The number of nitrogens with two attached hydrogens (primary N) is 1. The molecule has 100 valence electrons. The molecule has 0 fully saturated rings. The van der Waals surface area contributed by atoms with Crippen LogP contribution in [0.1, 0.15) is 25.3 Å². The average molecular weight is 315 g/mol. The van der Waals surface area contributed by atoms with Gasteiger partial charge in [0.2, 0.25) is 0 Å². The van der Waals surface area contributed by atoms with Gasteiger partial charge in [-0.1, -0.05) is 19.4 Å². The molecule has 4 nitrogen and oxygen atoms in total.